The minimum Gasteiger partial charge on any atom is -0.0779 e. The molecule has 2 saturated carbocycles. The Bertz CT molecular complexity index is 896. The van der Waals surface area contributed by atoms with Crippen molar-refractivity contribution >= 4 is 31.8 Å². The van der Waals surface area contributed by atoms with Crippen molar-refractivity contribution in [3.05, 3.63) is 154 Å². The molecule has 0 heterocycles. The van der Waals surface area contributed by atoms with Crippen LogP contribution >= 0.6 is 15.8 Å². The van der Waals surface area contributed by atoms with E-state index in [0.29, 0.717) is 5.66 Å². The quantitative estimate of drug-likeness (QED) is 0.233. The molecular weight excluding hydrogens is 502 g/mol. The maximum Gasteiger partial charge on any atom is 2.00 e. The molecule has 0 bridgehead atoms. The Morgan fingerprint density at radius 3 is 1.46 bits per heavy atom. The fourth-order valence-electron chi connectivity index (χ4n) is 4.29. The Morgan fingerprint density at radius 2 is 1.00 bits per heavy atom. The van der Waals surface area contributed by atoms with Crippen LogP contribution in [0.15, 0.2) is 91.0 Å². The van der Waals surface area contributed by atoms with Gasteiger partial charge in [-0.1, -0.05) is 106 Å². The van der Waals surface area contributed by atoms with Gasteiger partial charge in [0.05, 0.1) is 0 Å². The van der Waals surface area contributed by atoms with E-state index in [4.69, 9.17) is 0 Å². The molecule has 3 aromatic rings. The van der Waals surface area contributed by atoms with Crippen molar-refractivity contribution in [1.82, 2.24) is 0 Å². The van der Waals surface area contributed by atoms with Crippen molar-refractivity contribution in [3.63, 3.8) is 0 Å². The summed E-state index contributed by atoms with van der Waals surface area (Å²) < 4.78 is 0. The van der Waals surface area contributed by atoms with E-state index < -0.39 is 7.92 Å². The molecule has 0 aliphatic heterocycles. The molecule has 0 aromatic heterocycles. The predicted molar refractivity (Wildman–Crippen MR) is 153 cm³/mol. The SMILES string of the molecule is C[C@H]([C]1[CH][CH][CH][C]1CP(C)c1ccccc1)P(c1ccccc1)c1ccccc1.[CH]1[CH][CH][CH][CH]1.[Fe+2]. The molecule has 35 heavy (non-hydrogen) atoms. The largest absolute Gasteiger partial charge is 2.00 e. The zero-order chi connectivity index (χ0) is 23.6. The van der Waals surface area contributed by atoms with Crippen LogP contribution in [0, 0.1) is 63.2 Å². The van der Waals surface area contributed by atoms with Crippen molar-refractivity contribution in [1.29, 1.82) is 0 Å². The van der Waals surface area contributed by atoms with Gasteiger partial charge in [0.25, 0.3) is 0 Å². The Balaban J connectivity index is 0.000000509. The van der Waals surface area contributed by atoms with E-state index in [-0.39, 0.29) is 25.0 Å². The summed E-state index contributed by atoms with van der Waals surface area (Å²) in [4.78, 5) is 0. The Hall–Kier alpha value is -0.961. The summed E-state index contributed by atoms with van der Waals surface area (Å²) in [5, 5.41) is 4.39. The van der Waals surface area contributed by atoms with E-state index in [1.807, 2.05) is 32.1 Å². The Morgan fingerprint density at radius 1 is 0.571 bits per heavy atom. The van der Waals surface area contributed by atoms with E-state index in [2.05, 4.69) is 124 Å². The third-order valence-electron chi connectivity index (χ3n) is 6.01. The second kappa shape index (κ2) is 15.3. The zero-order valence-electron chi connectivity index (χ0n) is 20.3. The normalized spacial score (nSPS) is 17.9. The average molecular weight is 534 g/mol. The van der Waals surface area contributed by atoms with Crippen molar-refractivity contribution in [2.75, 3.05) is 12.8 Å². The molecule has 5 rings (SSSR count). The minimum atomic E-state index is -0.451. The van der Waals surface area contributed by atoms with E-state index in [9.17, 15) is 0 Å². The van der Waals surface area contributed by atoms with Gasteiger partial charge in [-0.05, 0) is 106 Å². The van der Waals surface area contributed by atoms with Gasteiger partial charge in [-0.25, -0.2) is 0 Å². The van der Waals surface area contributed by atoms with Crippen LogP contribution in [-0.2, 0) is 17.1 Å². The van der Waals surface area contributed by atoms with Gasteiger partial charge in [-0.15, -0.1) is 0 Å². The first kappa shape index (κ1) is 28.6. The molecule has 0 saturated heterocycles. The molecule has 0 N–H and O–H groups in total. The van der Waals surface area contributed by atoms with Gasteiger partial charge in [-0.3, -0.25) is 0 Å². The average Bonchev–Trinajstić information content (AvgIpc) is 3.62. The van der Waals surface area contributed by atoms with Crippen LogP contribution in [0.3, 0.4) is 0 Å². The zero-order valence-corrected chi connectivity index (χ0v) is 23.2. The minimum absolute atomic E-state index is 0. The topological polar surface area (TPSA) is 0 Å². The summed E-state index contributed by atoms with van der Waals surface area (Å²) in [5.74, 6) is 3.04. The second-order valence-electron chi connectivity index (χ2n) is 8.38. The molecule has 10 radical (unpaired) electrons. The van der Waals surface area contributed by atoms with Crippen LogP contribution in [0.5, 0.6) is 0 Å². The molecule has 3 heteroatoms. The molecule has 2 aliphatic rings. The molecule has 2 aliphatic carbocycles. The van der Waals surface area contributed by atoms with Gasteiger partial charge in [0.1, 0.15) is 0 Å². The smallest absolute Gasteiger partial charge is 0.0779 e. The van der Waals surface area contributed by atoms with Crippen LogP contribution in [0.4, 0.5) is 0 Å². The third-order valence-corrected chi connectivity index (χ3v) is 10.8. The summed E-state index contributed by atoms with van der Waals surface area (Å²) in [6.45, 7) is 4.83. The van der Waals surface area contributed by atoms with Crippen LogP contribution in [0.2, 0.25) is 0 Å². The monoisotopic (exact) mass is 534 g/mol. The molecule has 1 unspecified atom stereocenters. The molecule has 0 spiro atoms. The van der Waals surface area contributed by atoms with Crippen molar-refractivity contribution in [2.45, 2.75) is 12.6 Å². The number of hydrogen-bond donors (Lipinski definition) is 0. The van der Waals surface area contributed by atoms with Crippen molar-refractivity contribution < 1.29 is 17.1 Å². The van der Waals surface area contributed by atoms with Gasteiger partial charge in [0.2, 0.25) is 0 Å². The molecular formula is C32H32FeP2+2. The van der Waals surface area contributed by atoms with Gasteiger partial charge < -0.3 is 0 Å². The maximum absolute atomic E-state index is 2.42. The Kier molecular flexibility index (Phi) is 12.5. The Labute approximate surface area is 227 Å². The molecule has 3 aromatic carbocycles. The van der Waals surface area contributed by atoms with E-state index in [1.54, 1.807) is 0 Å². The van der Waals surface area contributed by atoms with Crippen molar-refractivity contribution in [3.8, 4) is 0 Å². The first-order chi connectivity index (χ1) is 16.7. The second-order valence-corrected chi connectivity index (χ2v) is 13.2. The fraction of sp³-hybridized carbons (Fsp3) is 0.125. The number of benzene rings is 3. The van der Waals surface area contributed by atoms with Crippen LogP contribution in [0.1, 0.15) is 6.92 Å². The van der Waals surface area contributed by atoms with E-state index in [0.717, 1.165) is 6.16 Å². The van der Waals surface area contributed by atoms with Gasteiger partial charge in [-0.2, -0.15) is 0 Å². The number of hydrogen-bond acceptors (Lipinski definition) is 0. The summed E-state index contributed by atoms with van der Waals surface area (Å²) >= 11 is 0. The standard InChI is InChI=1S/C27H27P2.C5H5.Fe/c1-22(29(25-16-8-4-9-17-25)26-18-10-5-11-19-26)27-20-12-13-23(27)21-28(2)24-14-6-3-7-15-24;1-2-4-5-3-1;/h3-20,22H,21H2,1-2H3;1-5H;/q;;+2/t22-,28?;;/m1../s1. The molecule has 2 atom stereocenters. The molecule has 2 fully saturated rings. The van der Waals surface area contributed by atoms with Crippen LogP contribution < -0.4 is 15.9 Å². The third kappa shape index (κ3) is 8.27. The molecule has 0 nitrogen and oxygen atoms in total. The summed E-state index contributed by atoms with van der Waals surface area (Å²) in [5.41, 5.74) is 0.485. The first-order valence-corrected chi connectivity index (χ1v) is 15.2. The molecule has 0 amide bonds. The van der Waals surface area contributed by atoms with Gasteiger partial charge in [0, 0.05) is 0 Å². The van der Waals surface area contributed by atoms with Gasteiger partial charge in [0.15, 0.2) is 0 Å². The van der Waals surface area contributed by atoms with E-state index >= 15 is 0 Å². The predicted octanol–water partition coefficient (Wildman–Crippen LogP) is 6.74. The summed E-state index contributed by atoms with van der Waals surface area (Å²) in [6.07, 6.45) is 18.1. The van der Waals surface area contributed by atoms with E-state index in [1.165, 1.54) is 27.7 Å². The van der Waals surface area contributed by atoms with Crippen LogP contribution in [0.25, 0.3) is 0 Å². The van der Waals surface area contributed by atoms with Crippen LogP contribution in [-0.4, -0.2) is 18.5 Å². The first-order valence-electron chi connectivity index (χ1n) is 11.8. The summed E-state index contributed by atoms with van der Waals surface area (Å²) in [6, 6.07) is 33.1. The van der Waals surface area contributed by atoms with Gasteiger partial charge >= 0.3 is 17.1 Å². The molecule has 176 valence electrons. The maximum atomic E-state index is 2.42. The fourth-order valence-corrected chi connectivity index (χ4v) is 8.66. The van der Waals surface area contributed by atoms with Crippen molar-refractivity contribution in [2.24, 2.45) is 0 Å². The number of rotatable bonds is 7. The summed E-state index contributed by atoms with van der Waals surface area (Å²) in [7, 11) is -0.639.